The van der Waals surface area contributed by atoms with E-state index in [1.54, 1.807) is 0 Å². The highest BCUT2D eigenvalue weighted by molar-refractivity contribution is 5.23. The minimum Gasteiger partial charge on any atom is -0.328 e. The third kappa shape index (κ3) is 2.01. The zero-order valence-corrected chi connectivity index (χ0v) is 8.29. The third-order valence-corrected chi connectivity index (χ3v) is 3.04. The number of nitrogens with two attached hydrogens (primary N) is 2. The molecule has 1 aromatic rings. The maximum absolute atomic E-state index is 13.4. The van der Waals surface area contributed by atoms with Crippen molar-refractivity contribution in [3.63, 3.8) is 0 Å². The van der Waals surface area contributed by atoms with Gasteiger partial charge in [-0.25, -0.2) is 8.78 Å². The summed E-state index contributed by atoms with van der Waals surface area (Å²) in [5.74, 6) is -0.920. The molecule has 0 saturated heterocycles. The Morgan fingerprint density at radius 3 is 2.47 bits per heavy atom. The van der Waals surface area contributed by atoms with E-state index >= 15 is 0 Å². The minimum absolute atomic E-state index is 0.185. The topological polar surface area (TPSA) is 52.0 Å². The van der Waals surface area contributed by atoms with Crippen LogP contribution in [0, 0.1) is 17.6 Å². The standard InChI is InChI=1S/C11H14F2N2/c12-7-1-2-9(10(13)5-7)11(15)6-3-8(14)4-6/h1-2,5-6,8,11H,3-4,14-15H2. The van der Waals surface area contributed by atoms with Gasteiger partial charge in [0.2, 0.25) is 0 Å². The van der Waals surface area contributed by atoms with Crippen LogP contribution >= 0.6 is 0 Å². The molecule has 0 heterocycles. The lowest BCUT2D eigenvalue weighted by atomic mass is 9.74. The first-order valence-corrected chi connectivity index (χ1v) is 5.04. The molecular weight excluding hydrogens is 198 g/mol. The number of hydrogen-bond donors (Lipinski definition) is 2. The Bertz CT molecular complexity index is 362. The molecule has 1 saturated carbocycles. The molecule has 0 radical (unpaired) electrons. The lowest BCUT2D eigenvalue weighted by Gasteiger charge is -2.37. The first kappa shape index (κ1) is 10.5. The molecule has 4 N–H and O–H groups in total. The van der Waals surface area contributed by atoms with Crippen molar-refractivity contribution in [1.82, 2.24) is 0 Å². The Morgan fingerprint density at radius 1 is 1.27 bits per heavy atom. The quantitative estimate of drug-likeness (QED) is 0.784. The highest BCUT2D eigenvalue weighted by Gasteiger charge is 2.32. The predicted molar refractivity (Wildman–Crippen MR) is 54.0 cm³/mol. The summed E-state index contributed by atoms with van der Waals surface area (Å²) in [5, 5.41) is 0. The molecule has 4 heteroatoms. The van der Waals surface area contributed by atoms with E-state index in [2.05, 4.69) is 0 Å². The Labute approximate surface area is 87.3 Å². The fourth-order valence-electron chi connectivity index (χ4n) is 2.03. The van der Waals surface area contributed by atoms with Crippen molar-refractivity contribution in [1.29, 1.82) is 0 Å². The Hall–Kier alpha value is -1.00. The van der Waals surface area contributed by atoms with Crippen molar-refractivity contribution in [2.45, 2.75) is 24.9 Å². The van der Waals surface area contributed by atoms with Crippen molar-refractivity contribution in [2.75, 3.05) is 0 Å². The van der Waals surface area contributed by atoms with Crippen LogP contribution in [0.4, 0.5) is 8.78 Å². The normalized spacial score (nSPS) is 27.2. The third-order valence-electron chi connectivity index (χ3n) is 3.04. The Morgan fingerprint density at radius 2 is 1.93 bits per heavy atom. The molecule has 0 bridgehead atoms. The first-order chi connectivity index (χ1) is 7.08. The van der Waals surface area contributed by atoms with Crippen LogP contribution in [-0.2, 0) is 0 Å². The van der Waals surface area contributed by atoms with Crippen molar-refractivity contribution in [3.8, 4) is 0 Å². The zero-order valence-electron chi connectivity index (χ0n) is 8.29. The van der Waals surface area contributed by atoms with Crippen LogP contribution in [0.25, 0.3) is 0 Å². The number of benzene rings is 1. The van der Waals surface area contributed by atoms with Crippen LogP contribution in [0.15, 0.2) is 18.2 Å². The summed E-state index contributed by atoms with van der Waals surface area (Å²) in [6.07, 6.45) is 1.63. The van der Waals surface area contributed by atoms with Gasteiger partial charge in [0.15, 0.2) is 0 Å². The fourth-order valence-corrected chi connectivity index (χ4v) is 2.03. The SMILES string of the molecule is NC1CC(C(N)c2ccc(F)cc2F)C1. The van der Waals surface area contributed by atoms with Gasteiger partial charge in [-0.1, -0.05) is 6.07 Å². The smallest absolute Gasteiger partial charge is 0.130 e. The van der Waals surface area contributed by atoms with Gasteiger partial charge in [-0.05, 0) is 24.8 Å². The number of halogens is 2. The minimum atomic E-state index is -0.575. The van der Waals surface area contributed by atoms with Crippen molar-refractivity contribution in [3.05, 3.63) is 35.4 Å². The second kappa shape index (κ2) is 3.87. The van der Waals surface area contributed by atoms with E-state index in [-0.39, 0.29) is 18.0 Å². The average Bonchev–Trinajstić information content (AvgIpc) is 2.12. The maximum Gasteiger partial charge on any atom is 0.130 e. The molecule has 0 spiro atoms. The van der Waals surface area contributed by atoms with Crippen LogP contribution in [-0.4, -0.2) is 6.04 Å². The molecule has 0 aliphatic heterocycles. The monoisotopic (exact) mass is 212 g/mol. The first-order valence-electron chi connectivity index (χ1n) is 5.04. The van der Waals surface area contributed by atoms with Crippen LogP contribution in [0.1, 0.15) is 24.4 Å². The molecule has 1 atom stereocenters. The molecule has 0 aromatic heterocycles. The molecule has 1 aromatic carbocycles. The van der Waals surface area contributed by atoms with Gasteiger partial charge < -0.3 is 11.5 Å². The largest absolute Gasteiger partial charge is 0.328 e. The van der Waals surface area contributed by atoms with E-state index in [0.29, 0.717) is 5.56 Å². The van der Waals surface area contributed by atoms with Crippen molar-refractivity contribution < 1.29 is 8.78 Å². The summed E-state index contributed by atoms with van der Waals surface area (Å²) in [4.78, 5) is 0. The van der Waals surface area contributed by atoms with Gasteiger partial charge in [0, 0.05) is 23.7 Å². The lowest BCUT2D eigenvalue weighted by molar-refractivity contribution is 0.221. The van der Waals surface area contributed by atoms with E-state index in [4.69, 9.17) is 11.5 Å². The van der Waals surface area contributed by atoms with Gasteiger partial charge >= 0.3 is 0 Å². The summed E-state index contributed by atoms with van der Waals surface area (Å²) in [6.45, 7) is 0. The maximum atomic E-state index is 13.4. The van der Waals surface area contributed by atoms with Gasteiger partial charge in [-0.15, -0.1) is 0 Å². The van der Waals surface area contributed by atoms with Gasteiger partial charge in [-0.3, -0.25) is 0 Å². The number of hydrogen-bond acceptors (Lipinski definition) is 2. The molecule has 1 unspecified atom stereocenters. The van der Waals surface area contributed by atoms with Crippen LogP contribution in [0.5, 0.6) is 0 Å². The molecule has 0 amide bonds. The summed E-state index contributed by atoms with van der Waals surface area (Å²) >= 11 is 0. The van der Waals surface area contributed by atoms with Crippen LogP contribution in [0.2, 0.25) is 0 Å². The molecule has 2 nitrogen and oxygen atoms in total. The van der Waals surface area contributed by atoms with Crippen LogP contribution in [0.3, 0.4) is 0 Å². The summed E-state index contributed by atoms with van der Waals surface area (Å²) in [7, 11) is 0. The second-order valence-electron chi connectivity index (χ2n) is 4.18. The molecule has 82 valence electrons. The van der Waals surface area contributed by atoms with Gasteiger partial charge in [-0.2, -0.15) is 0 Å². The van der Waals surface area contributed by atoms with E-state index in [0.717, 1.165) is 18.9 Å². The molecule has 1 fully saturated rings. The average molecular weight is 212 g/mol. The molecular formula is C11H14F2N2. The van der Waals surface area contributed by atoms with Gasteiger partial charge in [0.1, 0.15) is 11.6 Å². The fraction of sp³-hybridized carbons (Fsp3) is 0.455. The van der Waals surface area contributed by atoms with Crippen molar-refractivity contribution in [2.24, 2.45) is 17.4 Å². The molecule has 1 aliphatic rings. The van der Waals surface area contributed by atoms with E-state index in [9.17, 15) is 8.78 Å². The number of rotatable bonds is 2. The van der Waals surface area contributed by atoms with Crippen molar-refractivity contribution >= 4 is 0 Å². The van der Waals surface area contributed by atoms with E-state index in [1.807, 2.05) is 0 Å². The molecule has 1 aliphatic carbocycles. The van der Waals surface area contributed by atoms with E-state index < -0.39 is 11.6 Å². The molecule has 2 rings (SSSR count). The van der Waals surface area contributed by atoms with Gasteiger partial charge in [0.25, 0.3) is 0 Å². The molecule has 15 heavy (non-hydrogen) atoms. The van der Waals surface area contributed by atoms with Crippen LogP contribution < -0.4 is 11.5 Å². The van der Waals surface area contributed by atoms with Gasteiger partial charge in [0.05, 0.1) is 0 Å². The zero-order chi connectivity index (χ0) is 11.0. The Balaban J connectivity index is 2.15. The summed E-state index contributed by atoms with van der Waals surface area (Å²) in [6, 6.07) is 3.33. The Kier molecular flexibility index (Phi) is 2.71. The van der Waals surface area contributed by atoms with E-state index in [1.165, 1.54) is 12.1 Å². The predicted octanol–water partition coefficient (Wildman–Crippen LogP) is 1.70. The summed E-state index contributed by atoms with van der Waals surface area (Å²) in [5.41, 5.74) is 11.9. The summed E-state index contributed by atoms with van der Waals surface area (Å²) < 4.78 is 26.0. The highest BCUT2D eigenvalue weighted by Crippen LogP contribution is 2.36. The highest BCUT2D eigenvalue weighted by atomic mass is 19.1. The lowest BCUT2D eigenvalue weighted by Crippen LogP contribution is -2.41. The second-order valence-corrected chi connectivity index (χ2v) is 4.18.